The molecule has 1 aromatic carbocycles. The highest BCUT2D eigenvalue weighted by atomic mass is 19.1. The van der Waals surface area contributed by atoms with E-state index < -0.39 is 6.17 Å². The minimum absolute atomic E-state index is 0.227. The standard InChI is InChI=1S/C14H21FN4O/c1-10(20-2)18-14(16)11-3-4-12(15)13(9-11)19-7-5-17-6-8-19/h3-4,9,14,17H,5-8,16H2,1-2H3/b18-10-. The minimum atomic E-state index is -0.544. The molecular weight excluding hydrogens is 259 g/mol. The molecule has 0 saturated carbocycles. The summed E-state index contributed by atoms with van der Waals surface area (Å²) in [6.07, 6.45) is -0.544. The summed E-state index contributed by atoms with van der Waals surface area (Å²) in [7, 11) is 1.54. The minimum Gasteiger partial charge on any atom is -0.484 e. The van der Waals surface area contributed by atoms with Crippen LogP contribution >= 0.6 is 0 Å². The summed E-state index contributed by atoms with van der Waals surface area (Å²) in [4.78, 5) is 6.22. The number of piperazine rings is 1. The van der Waals surface area contributed by atoms with E-state index in [0.717, 1.165) is 31.7 Å². The molecule has 2 rings (SSSR count). The van der Waals surface area contributed by atoms with Crippen molar-refractivity contribution in [1.82, 2.24) is 5.32 Å². The molecule has 1 atom stereocenters. The molecule has 1 aromatic rings. The lowest BCUT2D eigenvalue weighted by Gasteiger charge is -2.30. The molecule has 110 valence electrons. The molecule has 0 radical (unpaired) electrons. The Labute approximate surface area is 118 Å². The van der Waals surface area contributed by atoms with Gasteiger partial charge in [-0.15, -0.1) is 0 Å². The smallest absolute Gasteiger partial charge is 0.181 e. The molecule has 1 fully saturated rings. The topological polar surface area (TPSA) is 62.9 Å². The molecule has 1 aliphatic heterocycles. The molecule has 1 heterocycles. The summed E-state index contributed by atoms with van der Waals surface area (Å²) < 4.78 is 19.0. The molecule has 20 heavy (non-hydrogen) atoms. The lowest BCUT2D eigenvalue weighted by atomic mass is 10.1. The van der Waals surface area contributed by atoms with E-state index in [-0.39, 0.29) is 5.82 Å². The lowest BCUT2D eigenvalue weighted by Crippen LogP contribution is -2.43. The second-order valence-electron chi connectivity index (χ2n) is 4.74. The fraction of sp³-hybridized carbons (Fsp3) is 0.500. The Kier molecular flexibility index (Phi) is 4.92. The first kappa shape index (κ1) is 14.7. The third kappa shape index (κ3) is 3.46. The SMILES string of the molecule is CO/C(C)=N\C(N)c1ccc(F)c(N2CCNCC2)c1. The molecule has 1 unspecified atom stereocenters. The fourth-order valence-electron chi connectivity index (χ4n) is 2.18. The first-order valence-electron chi connectivity index (χ1n) is 6.71. The van der Waals surface area contributed by atoms with Gasteiger partial charge in [-0.25, -0.2) is 9.38 Å². The highest BCUT2D eigenvalue weighted by Crippen LogP contribution is 2.24. The summed E-state index contributed by atoms with van der Waals surface area (Å²) in [5.74, 6) is 0.279. The average Bonchev–Trinajstić information content (AvgIpc) is 2.48. The summed E-state index contributed by atoms with van der Waals surface area (Å²) in [5, 5.41) is 3.25. The van der Waals surface area contributed by atoms with Crippen LogP contribution in [0.1, 0.15) is 18.7 Å². The van der Waals surface area contributed by atoms with Crippen LogP contribution in [0.3, 0.4) is 0 Å². The second kappa shape index (κ2) is 6.67. The molecule has 1 aliphatic rings. The predicted molar refractivity (Wildman–Crippen MR) is 78.5 cm³/mol. The molecular formula is C14H21FN4O. The number of nitrogens with one attached hydrogen (secondary N) is 1. The van der Waals surface area contributed by atoms with Crippen LogP contribution in [-0.4, -0.2) is 39.2 Å². The molecule has 3 N–H and O–H groups in total. The molecule has 0 bridgehead atoms. The number of rotatable bonds is 3. The van der Waals surface area contributed by atoms with E-state index in [1.165, 1.54) is 6.07 Å². The molecule has 1 saturated heterocycles. The Morgan fingerprint density at radius 2 is 2.15 bits per heavy atom. The quantitative estimate of drug-likeness (QED) is 0.646. The van der Waals surface area contributed by atoms with Crippen molar-refractivity contribution in [3.8, 4) is 0 Å². The molecule has 5 nitrogen and oxygen atoms in total. The maximum atomic E-state index is 14.0. The zero-order valence-corrected chi connectivity index (χ0v) is 11.9. The van der Waals surface area contributed by atoms with Crippen molar-refractivity contribution in [3.63, 3.8) is 0 Å². The van der Waals surface area contributed by atoms with E-state index in [1.54, 1.807) is 26.2 Å². The van der Waals surface area contributed by atoms with Gasteiger partial charge in [0.15, 0.2) is 5.90 Å². The van der Waals surface area contributed by atoms with Crippen LogP contribution in [0.15, 0.2) is 23.2 Å². The first-order chi connectivity index (χ1) is 9.61. The number of ether oxygens (including phenoxy) is 1. The highest BCUT2D eigenvalue weighted by Gasteiger charge is 2.16. The number of aliphatic imine (C=N–C) groups is 1. The monoisotopic (exact) mass is 280 g/mol. The van der Waals surface area contributed by atoms with Crippen LogP contribution in [0.25, 0.3) is 0 Å². The van der Waals surface area contributed by atoms with Crippen LogP contribution in [0, 0.1) is 5.82 Å². The van der Waals surface area contributed by atoms with E-state index in [4.69, 9.17) is 10.5 Å². The van der Waals surface area contributed by atoms with E-state index in [9.17, 15) is 4.39 Å². The van der Waals surface area contributed by atoms with E-state index in [2.05, 4.69) is 10.3 Å². The van der Waals surface area contributed by atoms with Crippen molar-refractivity contribution in [3.05, 3.63) is 29.6 Å². The summed E-state index contributed by atoms with van der Waals surface area (Å²) in [5.41, 5.74) is 7.36. The summed E-state index contributed by atoms with van der Waals surface area (Å²) in [6, 6.07) is 4.89. The summed E-state index contributed by atoms with van der Waals surface area (Å²) >= 11 is 0. The third-order valence-electron chi connectivity index (χ3n) is 3.39. The van der Waals surface area contributed by atoms with Gasteiger partial charge in [0.1, 0.15) is 12.0 Å². The number of hydrogen-bond acceptors (Lipinski definition) is 5. The van der Waals surface area contributed by atoms with Gasteiger partial charge < -0.3 is 20.7 Å². The van der Waals surface area contributed by atoms with Crippen LogP contribution in [0.5, 0.6) is 0 Å². The Morgan fingerprint density at radius 3 is 2.80 bits per heavy atom. The van der Waals surface area contributed by atoms with Crippen molar-refractivity contribution in [2.24, 2.45) is 10.7 Å². The number of halogens is 1. The maximum Gasteiger partial charge on any atom is 0.181 e. The van der Waals surface area contributed by atoms with Gasteiger partial charge in [-0.1, -0.05) is 6.07 Å². The van der Waals surface area contributed by atoms with E-state index in [0.29, 0.717) is 11.6 Å². The molecule has 0 amide bonds. The Bertz CT molecular complexity index is 486. The number of nitrogens with two attached hydrogens (primary N) is 1. The van der Waals surface area contributed by atoms with Crippen molar-refractivity contribution in [1.29, 1.82) is 0 Å². The summed E-state index contributed by atoms with van der Waals surface area (Å²) in [6.45, 7) is 5.03. The van der Waals surface area contributed by atoms with Gasteiger partial charge in [0.05, 0.1) is 12.8 Å². The van der Waals surface area contributed by atoms with Crippen molar-refractivity contribution in [2.75, 3.05) is 38.2 Å². The van der Waals surface area contributed by atoms with Crippen molar-refractivity contribution >= 4 is 11.6 Å². The van der Waals surface area contributed by atoms with E-state index in [1.807, 2.05) is 4.90 Å². The van der Waals surface area contributed by atoms with Gasteiger partial charge in [-0.3, -0.25) is 0 Å². The van der Waals surface area contributed by atoms with E-state index >= 15 is 0 Å². The van der Waals surface area contributed by atoms with Gasteiger partial charge in [-0.05, 0) is 17.7 Å². The molecule has 6 heteroatoms. The van der Waals surface area contributed by atoms with Gasteiger partial charge in [-0.2, -0.15) is 0 Å². The number of benzene rings is 1. The van der Waals surface area contributed by atoms with Crippen LogP contribution in [-0.2, 0) is 4.74 Å². The van der Waals surface area contributed by atoms with Crippen molar-refractivity contribution in [2.45, 2.75) is 13.1 Å². The highest BCUT2D eigenvalue weighted by molar-refractivity contribution is 5.73. The Hall–Kier alpha value is -1.66. The first-order valence-corrected chi connectivity index (χ1v) is 6.71. The molecule has 0 spiro atoms. The molecule has 0 aromatic heterocycles. The number of methoxy groups -OCH3 is 1. The van der Waals surface area contributed by atoms with Gasteiger partial charge in [0.2, 0.25) is 0 Å². The number of anilines is 1. The second-order valence-corrected chi connectivity index (χ2v) is 4.74. The average molecular weight is 280 g/mol. The van der Waals surface area contributed by atoms with Gasteiger partial charge in [0, 0.05) is 33.1 Å². The number of nitrogens with zero attached hydrogens (tertiary/aromatic N) is 2. The van der Waals surface area contributed by atoms with Crippen LogP contribution in [0.4, 0.5) is 10.1 Å². The third-order valence-corrected chi connectivity index (χ3v) is 3.39. The Balaban J connectivity index is 2.23. The molecule has 0 aliphatic carbocycles. The predicted octanol–water partition coefficient (Wildman–Crippen LogP) is 1.26. The number of hydrogen-bond donors (Lipinski definition) is 2. The van der Waals surface area contributed by atoms with Crippen LogP contribution in [0.2, 0.25) is 0 Å². The zero-order chi connectivity index (χ0) is 14.5. The fourth-order valence-corrected chi connectivity index (χ4v) is 2.18. The normalized spacial score (nSPS) is 18.0. The lowest BCUT2D eigenvalue weighted by molar-refractivity contribution is 0.394. The van der Waals surface area contributed by atoms with Crippen molar-refractivity contribution < 1.29 is 9.13 Å². The maximum absolute atomic E-state index is 14.0. The largest absolute Gasteiger partial charge is 0.484 e. The zero-order valence-electron chi connectivity index (χ0n) is 11.9. The van der Waals surface area contributed by atoms with Gasteiger partial charge in [0.25, 0.3) is 0 Å². The van der Waals surface area contributed by atoms with Crippen LogP contribution < -0.4 is 16.0 Å². The Morgan fingerprint density at radius 1 is 1.45 bits per heavy atom. The van der Waals surface area contributed by atoms with Gasteiger partial charge >= 0.3 is 0 Å².